The quantitative estimate of drug-likeness (QED) is 0.695. The van der Waals surface area contributed by atoms with Crippen LogP contribution in [0.5, 0.6) is 0 Å². The van der Waals surface area contributed by atoms with Crippen LogP contribution in [0, 0.1) is 0 Å². The molecule has 0 unspecified atom stereocenters. The number of thioether (sulfide) groups is 1. The summed E-state index contributed by atoms with van der Waals surface area (Å²) in [7, 11) is 0. The standard InChI is InChI=1S/C15H13NOS3/c17-7-14-10-20-15(16-14)19-8-11-2-1-3-12(6-11)13-4-5-18-9-13/h1-6,9-10,17H,7-8H2. The molecular weight excluding hydrogens is 306 g/mol. The highest BCUT2D eigenvalue weighted by Gasteiger charge is 2.04. The monoisotopic (exact) mass is 319 g/mol. The SMILES string of the molecule is OCc1csc(SCc2cccc(-c3ccsc3)c2)n1. The number of aromatic nitrogens is 1. The van der Waals surface area contributed by atoms with Crippen LogP contribution in [-0.4, -0.2) is 10.1 Å². The van der Waals surface area contributed by atoms with Gasteiger partial charge in [0.2, 0.25) is 0 Å². The molecule has 0 aliphatic rings. The lowest BCUT2D eigenvalue weighted by molar-refractivity contribution is 0.277. The van der Waals surface area contributed by atoms with Crippen molar-refractivity contribution in [2.45, 2.75) is 16.7 Å². The number of aliphatic hydroxyl groups excluding tert-OH is 1. The summed E-state index contributed by atoms with van der Waals surface area (Å²) in [6.07, 6.45) is 0. The zero-order valence-corrected chi connectivity index (χ0v) is 13.1. The Balaban J connectivity index is 1.70. The van der Waals surface area contributed by atoms with Gasteiger partial charge in [0.1, 0.15) is 0 Å². The van der Waals surface area contributed by atoms with Crippen LogP contribution in [0.3, 0.4) is 0 Å². The van der Waals surface area contributed by atoms with Gasteiger partial charge in [-0.3, -0.25) is 0 Å². The number of rotatable bonds is 5. The third-order valence-corrected chi connectivity index (χ3v) is 5.66. The molecule has 0 radical (unpaired) electrons. The molecule has 0 atom stereocenters. The van der Waals surface area contributed by atoms with Crippen molar-refractivity contribution in [3.63, 3.8) is 0 Å². The van der Waals surface area contributed by atoms with Gasteiger partial charge in [0.15, 0.2) is 4.34 Å². The summed E-state index contributed by atoms with van der Waals surface area (Å²) in [4.78, 5) is 4.35. The molecule has 0 spiro atoms. The molecule has 2 heterocycles. The van der Waals surface area contributed by atoms with Gasteiger partial charge < -0.3 is 5.11 Å². The molecule has 1 aromatic carbocycles. The van der Waals surface area contributed by atoms with Crippen molar-refractivity contribution in [3.8, 4) is 11.1 Å². The Hall–Kier alpha value is -1.14. The lowest BCUT2D eigenvalue weighted by atomic mass is 10.1. The molecule has 3 rings (SSSR count). The Kier molecular flexibility index (Phi) is 4.52. The van der Waals surface area contributed by atoms with E-state index in [1.165, 1.54) is 16.7 Å². The number of thiophene rings is 1. The van der Waals surface area contributed by atoms with Crippen molar-refractivity contribution in [2.75, 3.05) is 0 Å². The Bertz CT molecular complexity index is 676. The second-order valence-electron chi connectivity index (χ2n) is 4.26. The topological polar surface area (TPSA) is 33.1 Å². The maximum Gasteiger partial charge on any atom is 0.150 e. The Morgan fingerprint density at radius 1 is 1.15 bits per heavy atom. The number of aliphatic hydroxyl groups is 1. The van der Waals surface area contributed by atoms with E-state index in [-0.39, 0.29) is 6.61 Å². The van der Waals surface area contributed by atoms with Crippen LogP contribution in [0.25, 0.3) is 11.1 Å². The fourth-order valence-electron chi connectivity index (χ4n) is 1.84. The van der Waals surface area contributed by atoms with Crippen LogP contribution >= 0.6 is 34.4 Å². The maximum atomic E-state index is 9.01. The van der Waals surface area contributed by atoms with E-state index >= 15 is 0 Å². The minimum absolute atomic E-state index is 0.0186. The first-order valence-corrected chi connectivity index (χ1v) is 8.95. The van der Waals surface area contributed by atoms with Crippen LogP contribution in [0.1, 0.15) is 11.3 Å². The molecule has 3 aromatic rings. The molecule has 2 nitrogen and oxygen atoms in total. The van der Waals surface area contributed by atoms with E-state index in [2.05, 4.69) is 46.1 Å². The number of thiazole rings is 1. The van der Waals surface area contributed by atoms with E-state index in [4.69, 9.17) is 5.11 Å². The molecule has 5 heteroatoms. The molecule has 0 aliphatic carbocycles. The zero-order valence-electron chi connectivity index (χ0n) is 10.7. The van der Waals surface area contributed by atoms with Crippen LogP contribution in [0.15, 0.2) is 50.8 Å². The first-order chi connectivity index (χ1) is 9.85. The molecule has 0 aliphatic heterocycles. The van der Waals surface area contributed by atoms with Gasteiger partial charge in [-0.2, -0.15) is 11.3 Å². The first kappa shape index (κ1) is 13.8. The highest BCUT2D eigenvalue weighted by atomic mass is 32.2. The predicted octanol–water partition coefficient (Wildman–Crippen LogP) is 4.66. The third-order valence-electron chi connectivity index (χ3n) is 2.84. The van der Waals surface area contributed by atoms with Gasteiger partial charge in [-0.1, -0.05) is 36.0 Å². The summed E-state index contributed by atoms with van der Waals surface area (Å²) in [6, 6.07) is 10.8. The highest BCUT2D eigenvalue weighted by molar-refractivity contribution is 8.00. The van der Waals surface area contributed by atoms with Gasteiger partial charge >= 0.3 is 0 Å². The Labute approximate surface area is 130 Å². The summed E-state index contributed by atoms with van der Waals surface area (Å²) in [5.74, 6) is 0.899. The average molecular weight is 319 g/mol. The maximum absolute atomic E-state index is 9.01. The van der Waals surface area contributed by atoms with E-state index in [0.717, 1.165) is 15.8 Å². The summed E-state index contributed by atoms with van der Waals surface area (Å²) >= 11 is 5.02. The lowest BCUT2D eigenvalue weighted by Crippen LogP contribution is -1.84. The average Bonchev–Trinajstić information content (AvgIpc) is 3.17. The smallest absolute Gasteiger partial charge is 0.150 e. The van der Waals surface area contributed by atoms with Crippen molar-refractivity contribution < 1.29 is 5.11 Å². The van der Waals surface area contributed by atoms with Crippen molar-refractivity contribution in [1.82, 2.24) is 4.98 Å². The van der Waals surface area contributed by atoms with E-state index in [1.54, 1.807) is 34.4 Å². The summed E-state index contributed by atoms with van der Waals surface area (Å²) < 4.78 is 1.01. The number of benzene rings is 1. The molecule has 1 N–H and O–H groups in total. The van der Waals surface area contributed by atoms with Gasteiger partial charge in [-0.05, 0) is 33.5 Å². The molecule has 2 aromatic heterocycles. The fourth-order valence-corrected chi connectivity index (χ4v) is 4.29. The Morgan fingerprint density at radius 3 is 2.85 bits per heavy atom. The molecular formula is C15H13NOS3. The number of hydrogen-bond donors (Lipinski definition) is 1. The van der Waals surface area contributed by atoms with Crippen molar-refractivity contribution in [3.05, 3.63) is 57.7 Å². The first-order valence-electron chi connectivity index (χ1n) is 6.15. The molecule has 0 saturated heterocycles. The van der Waals surface area contributed by atoms with Crippen LogP contribution < -0.4 is 0 Å². The molecule has 102 valence electrons. The third kappa shape index (κ3) is 3.30. The van der Waals surface area contributed by atoms with Gasteiger partial charge in [0.25, 0.3) is 0 Å². The van der Waals surface area contributed by atoms with Crippen molar-refractivity contribution >= 4 is 34.4 Å². The summed E-state index contributed by atoms with van der Waals surface area (Å²) in [6.45, 7) is 0.0186. The minimum Gasteiger partial charge on any atom is -0.390 e. The second-order valence-corrected chi connectivity index (χ2v) is 7.12. The molecule has 0 bridgehead atoms. The van der Waals surface area contributed by atoms with Crippen LogP contribution in [-0.2, 0) is 12.4 Å². The molecule has 20 heavy (non-hydrogen) atoms. The van der Waals surface area contributed by atoms with E-state index in [9.17, 15) is 0 Å². The van der Waals surface area contributed by atoms with E-state index in [1.807, 2.05) is 5.38 Å². The van der Waals surface area contributed by atoms with Crippen molar-refractivity contribution in [2.24, 2.45) is 0 Å². The fraction of sp³-hybridized carbons (Fsp3) is 0.133. The number of nitrogens with zero attached hydrogens (tertiary/aromatic N) is 1. The van der Waals surface area contributed by atoms with Gasteiger partial charge in [-0.15, -0.1) is 11.3 Å². The minimum atomic E-state index is 0.0186. The highest BCUT2D eigenvalue weighted by Crippen LogP contribution is 2.28. The summed E-state index contributed by atoms with van der Waals surface area (Å²) in [5, 5.41) is 15.2. The number of hydrogen-bond acceptors (Lipinski definition) is 5. The van der Waals surface area contributed by atoms with Crippen LogP contribution in [0.4, 0.5) is 0 Å². The largest absolute Gasteiger partial charge is 0.390 e. The van der Waals surface area contributed by atoms with E-state index < -0.39 is 0 Å². The second kappa shape index (κ2) is 6.54. The zero-order chi connectivity index (χ0) is 13.8. The normalized spacial score (nSPS) is 10.8. The van der Waals surface area contributed by atoms with Gasteiger partial charge in [0, 0.05) is 11.1 Å². The Morgan fingerprint density at radius 2 is 2.10 bits per heavy atom. The molecule has 0 amide bonds. The van der Waals surface area contributed by atoms with Gasteiger partial charge in [0.05, 0.1) is 12.3 Å². The van der Waals surface area contributed by atoms with E-state index in [0.29, 0.717) is 0 Å². The van der Waals surface area contributed by atoms with Gasteiger partial charge in [-0.25, -0.2) is 4.98 Å². The summed E-state index contributed by atoms with van der Waals surface area (Å²) in [5.41, 5.74) is 4.59. The molecule has 0 saturated carbocycles. The lowest BCUT2D eigenvalue weighted by Gasteiger charge is -2.03. The van der Waals surface area contributed by atoms with Crippen LogP contribution in [0.2, 0.25) is 0 Å². The van der Waals surface area contributed by atoms with Crippen molar-refractivity contribution in [1.29, 1.82) is 0 Å². The predicted molar refractivity (Wildman–Crippen MR) is 87.4 cm³/mol. The molecule has 0 fully saturated rings.